The molecule has 0 aliphatic rings. The van der Waals surface area contributed by atoms with Crippen molar-refractivity contribution in [1.29, 1.82) is 0 Å². The smallest absolute Gasteiger partial charge is 0.348 e. The Morgan fingerprint density at radius 2 is 2.04 bits per heavy atom. The number of hydrogen-bond acceptors (Lipinski definition) is 6. The van der Waals surface area contributed by atoms with Crippen molar-refractivity contribution in [2.75, 3.05) is 18.5 Å². The predicted octanol–water partition coefficient (Wildman–Crippen LogP) is 3.93. The van der Waals surface area contributed by atoms with E-state index in [9.17, 15) is 9.59 Å². The molecular weight excluding hydrogens is 352 g/mol. The molecule has 2 heterocycles. The van der Waals surface area contributed by atoms with Crippen LogP contribution in [-0.2, 0) is 4.74 Å². The molecule has 1 amide bonds. The van der Waals surface area contributed by atoms with Crippen LogP contribution in [0.15, 0.2) is 18.2 Å². The zero-order valence-corrected chi connectivity index (χ0v) is 15.1. The second-order valence-electron chi connectivity index (χ2n) is 4.71. The Morgan fingerprint density at radius 1 is 1.29 bits per heavy atom. The van der Waals surface area contributed by atoms with Gasteiger partial charge in [-0.05, 0) is 38.5 Å². The summed E-state index contributed by atoms with van der Waals surface area (Å²) in [4.78, 5) is 28.8. The minimum Gasteiger partial charge on any atom is -0.478 e. The van der Waals surface area contributed by atoms with Crippen LogP contribution in [0.25, 0.3) is 0 Å². The highest BCUT2D eigenvalue weighted by atomic mass is 35.5. The first-order chi connectivity index (χ1) is 11.5. The fraction of sp³-hybridized carbons (Fsp3) is 0.312. The van der Waals surface area contributed by atoms with Gasteiger partial charge in [0.2, 0.25) is 5.88 Å². The summed E-state index contributed by atoms with van der Waals surface area (Å²) in [6.45, 7) is 6.06. The van der Waals surface area contributed by atoms with E-state index in [1.165, 1.54) is 0 Å². The van der Waals surface area contributed by atoms with E-state index in [-0.39, 0.29) is 10.7 Å². The molecule has 2 aromatic heterocycles. The molecule has 0 atom stereocenters. The molecular formula is C16H17ClN2O4S. The van der Waals surface area contributed by atoms with Crippen LogP contribution in [0.3, 0.4) is 0 Å². The van der Waals surface area contributed by atoms with E-state index < -0.39 is 11.9 Å². The van der Waals surface area contributed by atoms with E-state index in [1.807, 2.05) is 6.92 Å². The lowest BCUT2D eigenvalue weighted by Crippen LogP contribution is -2.14. The Labute approximate surface area is 148 Å². The molecule has 0 unspecified atom stereocenters. The quantitative estimate of drug-likeness (QED) is 0.781. The van der Waals surface area contributed by atoms with Crippen molar-refractivity contribution < 1.29 is 19.1 Å². The Morgan fingerprint density at radius 3 is 2.71 bits per heavy atom. The van der Waals surface area contributed by atoms with Crippen LogP contribution >= 0.6 is 22.9 Å². The third-order valence-corrected chi connectivity index (χ3v) is 4.38. The number of hydrogen-bond donors (Lipinski definition) is 1. The maximum Gasteiger partial charge on any atom is 0.348 e. The summed E-state index contributed by atoms with van der Waals surface area (Å²) in [6, 6.07) is 4.85. The lowest BCUT2D eigenvalue weighted by Gasteiger charge is -2.07. The van der Waals surface area contributed by atoms with Gasteiger partial charge in [-0.1, -0.05) is 11.6 Å². The molecule has 2 aromatic rings. The normalized spacial score (nSPS) is 10.3. The molecule has 6 nitrogen and oxygen atoms in total. The van der Waals surface area contributed by atoms with Gasteiger partial charge in [0.05, 0.1) is 23.2 Å². The topological polar surface area (TPSA) is 77.5 Å². The van der Waals surface area contributed by atoms with Crippen LogP contribution < -0.4 is 10.1 Å². The van der Waals surface area contributed by atoms with Crippen LogP contribution in [0.4, 0.5) is 5.00 Å². The molecule has 128 valence electrons. The number of amides is 1. The van der Waals surface area contributed by atoms with Crippen LogP contribution in [0.1, 0.15) is 39.6 Å². The molecule has 0 fully saturated rings. The molecule has 2 rings (SSSR count). The zero-order valence-electron chi connectivity index (χ0n) is 13.5. The van der Waals surface area contributed by atoms with Crippen molar-refractivity contribution in [1.82, 2.24) is 4.98 Å². The molecule has 0 aliphatic carbocycles. The number of ether oxygens (including phenoxy) is 2. The highest BCUT2D eigenvalue weighted by Crippen LogP contribution is 2.28. The number of aryl methyl sites for hydroxylation is 1. The van der Waals surface area contributed by atoms with Gasteiger partial charge >= 0.3 is 5.97 Å². The largest absolute Gasteiger partial charge is 0.478 e. The third-order valence-electron chi connectivity index (χ3n) is 2.94. The van der Waals surface area contributed by atoms with Crippen LogP contribution in [0, 0.1) is 6.92 Å². The first-order valence-electron chi connectivity index (χ1n) is 7.34. The van der Waals surface area contributed by atoms with Gasteiger partial charge < -0.3 is 14.8 Å². The van der Waals surface area contributed by atoms with E-state index in [4.69, 9.17) is 21.1 Å². The number of pyridine rings is 1. The van der Waals surface area contributed by atoms with Gasteiger partial charge in [0.1, 0.15) is 4.88 Å². The minimum atomic E-state index is -0.474. The monoisotopic (exact) mass is 368 g/mol. The third kappa shape index (κ3) is 4.24. The summed E-state index contributed by atoms with van der Waals surface area (Å²) in [5, 5.41) is 3.43. The summed E-state index contributed by atoms with van der Waals surface area (Å²) in [7, 11) is 0. The first-order valence-corrected chi connectivity index (χ1v) is 8.53. The van der Waals surface area contributed by atoms with Crippen LogP contribution in [0.5, 0.6) is 5.88 Å². The highest BCUT2D eigenvalue weighted by Gasteiger charge is 2.18. The second kappa shape index (κ2) is 8.12. The van der Waals surface area contributed by atoms with E-state index >= 15 is 0 Å². The number of halogens is 1. The zero-order chi connectivity index (χ0) is 17.7. The standard InChI is InChI=1S/C16H17ClN2O4S/c1-4-22-11-7-6-10(17)13(18-11)15(20)19-12-8-9(3)14(24-12)16(21)23-5-2/h6-8H,4-5H2,1-3H3,(H,19,20). The fourth-order valence-corrected chi connectivity index (χ4v) is 3.08. The van der Waals surface area contributed by atoms with Crippen molar-refractivity contribution in [2.24, 2.45) is 0 Å². The number of rotatable bonds is 6. The number of aromatic nitrogens is 1. The number of carbonyl (C=O) groups excluding carboxylic acids is 2. The van der Waals surface area contributed by atoms with Crippen molar-refractivity contribution >= 4 is 39.8 Å². The second-order valence-corrected chi connectivity index (χ2v) is 6.17. The molecule has 0 saturated heterocycles. The molecule has 0 radical (unpaired) electrons. The molecule has 24 heavy (non-hydrogen) atoms. The molecule has 0 aromatic carbocycles. The Balaban J connectivity index is 2.19. The molecule has 1 N–H and O–H groups in total. The number of nitrogens with one attached hydrogen (secondary N) is 1. The van der Waals surface area contributed by atoms with Gasteiger partial charge in [-0.25, -0.2) is 9.78 Å². The lowest BCUT2D eigenvalue weighted by atomic mass is 10.3. The van der Waals surface area contributed by atoms with Gasteiger partial charge in [-0.15, -0.1) is 11.3 Å². The van der Waals surface area contributed by atoms with Crippen molar-refractivity contribution in [3.8, 4) is 5.88 Å². The fourth-order valence-electron chi connectivity index (χ4n) is 1.93. The van der Waals surface area contributed by atoms with Crippen molar-refractivity contribution in [3.63, 3.8) is 0 Å². The average molecular weight is 369 g/mol. The minimum absolute atomic E-state index is 0.0614. The summed E-state index contributed by atoms with van der Waals surface area (Å²) in [5.41, 5.74) is 0.794. The highest BCUT2D eigenvalue weighted by molar-refractivity contribution is 7.18. The molecule has 8 heteroatoms. The van der Waals surface area contributed by atoms with Gasteiger partial charge in [0.25, 0.3) is 5.91 Å². The first kappa shape index (κ1) is 18.2. The Hall–Kier alpha value is -2.12. The average Bonchev–Trinajstić information content (AvgIpc) is 2.90. The number of thiophene rings is 1. The molecule has 0 saturated carbocycles. The number of anilines is 1. The molecule has 0 spiro atoms. The van der Waals surface area contributed by atoms with E-state index in [1.54, 1.807) is 32.0 Å². The number of nitrogens with zero attached hydrogens (tertiary/aromatic N) is 1. The van der Waals surface area contributed by atoms with Gasteiger partial charge in [-0.2, -0.15) is 0 Å². The SMILES string of the molecule is CCOC(=O)c1sc(NC(=O)c2nc(OCC)ccc2Cl)cc1C. The summed E-state index contributed by atoms with van der Waals surface area (Å²) >= 11 is 7.18. The van der Waals surface area contributed by atoms with Crippen molar-refractivity contribution in [3.05, 3.63) is 39.4 Å². The number of esters is 1. The van der Waals surface area contributed by atoms with Gasteiger partial charge in [-0.3, -0.25) is 4.79 Å². The van der Waals surface area contributed by atoms with Gasteiger partial charge in [0.15, 0.2) is 5.69 Å². The number of carbonyl (C=O) groups is 2. The summed E-state index contributed by atoms with van der Waals surface area (Å²) in [5.74, 6) is -0.560. The predicted molar refractivity (Wildman–Crippen MR) is 93.4 cm³/mol. The van der Waals surface area contributed by atoms with Gasteiger partial charge in [0, 0.05) is 6.07 Å². The maximum absolute atomic E-state index is 12.4. The van der Waals surface area contributed by atoms with E-state index in [2.05, 4.69) is 10.3 Å². The van der Waals surface area contributed by atoms with Crippen molar-refractivity contribution in [2.45, 2.75) is 20.8 Å². The molecule has 0 aliphatic heterocycles. The van der Waals surface area contributed by atoms with Crippen LogP contribution in [-0.4, -0.2) is 30.1 Å². The lowest BCUT2D eigenvalue weighted by molar-refractivity contribution is 0.0531. The molecule has 0 bridgehead atoms. The summed E-state index contributed by atoms with van der Waals surface area (Å²) in [6.07, 6.45) is 0. The van der Waals surface area contributed by atoms with Crippen LogP contribution in [0.2, 0.25) is 5.02 Å². The van der Waals surface area contributed by atoms with E-state index in [0.29, 0.717) is 29.0 Å². The van der Waals surface area contributed by atoms with E-state index in [0.717, 1.165) is 16.9 Å². The Kier molecular flexibility index (Phi) is 6.16. The summed E-state index contributed by atoms with van der Waals surface area (Å²) < 4.78 is 10.3. The maximum atomic E-state index is 12.4. The Bertz CT molecular complexity index is 761.